The van der Waals surface area contributed by atoms with Gasteiger partial charge >= 0.3 is 0 Å². The highest BCUT2D eigenvalue weighted by molar-refractivity contribution is 7.86. The van der Waals surface area contributed by atoms with Gasteiger partial charge in [0.2, 0.25) is 0 Å². The predicted molar refractivity (Wildman–Crippen MR) is 74.9 cm³/mol. The molecule has 0 unspecified atom stereocenters. The molecule has 0 radical (unpaired) electrons. The summed E-state index contributed by atoms with van der Waals surface area (Å²) >= 11 is 11.1. The van der Waals surface area contributed by atoms with Gasteiger partial charge in [-0.3, -0.25) is 9.11 Å². The lowest BCUT2D eigenvalue weighted by Crippen LogP contribution is -2.11. The maximum atomic E-state index is 11.3. The molecule has 0 aromatic heterocycles. The van der Waals surface area contributed by atoms with Crippen molar-refractivity contribution >= 4 is 43.4 Å². The van der Waals surface area contributed by atoms with Crippen LogP contribution in [0.1, 0.15) is 11.1 Å². The van der Waals surface area contributed by atoms with Gasteiger partial charge in [-0.1, -0.05) is 6.07 Å². The summed E-state index contributed by atoms with van der Waals surface area (Å²) in [5.74, 6) is 0.155. The maximum Gasteiger partial charge on any atom is 0.294 e. The van der Waals surface area contributed by atoms with Crippen LogP contribution in [0.5, 0.6) is 0 Å². The van der Waals surface area contributed by atoms with Gasteiger partial charge in [-0.15, -0.1) is 23.2 Å². The van der Waals surface area contributed by atoms with E-state index in [1.807, 2.05) is 0 Å². The highest BCUT2D eigenvalue weighted by Gasteiger charge is 2.23. The Labute approximate surface area is 127 Å². The molecule has 0 aliphatic rings. The minimum absolute atomic E-state index is 0.0774. The summed E-state index contributed by atoms with van der Waals surface area (Å²) in [6.07, 6.45) is 0.218. The Morgan fingerprint density at radius 2 is 1.15 bits per heavy atom. The summed E-state index contributed by atoms with van der Waals surface area (Å²) < 4.78 is 63.4. The van der Waals surface area contributed by atoms with E-state index in [0.29, 0.717) is 6.07 Å². The zero-order valence-electron chi connectivity index (χ0n) is 10.1. The van der Waals surface area contributed by atoms with Crippen LogP contribution in [0.25, 0.3) is 0 Å². The number of aryl methyl sites for hydroxylation is 2. The van der Waals surface area contributed by atoms with Gasteiger partial charge in [-0.05, 0) is 30.0 Å². The van der Waals surface area contributed by atoms with Gasteiger partial charge in [0, 0.05) is 11.8 Å². The molecule has 0 atom stereocenters. The van der Waals surface area contributed by atoms with Crippen molar-refractivity contribution in [2.24, 2.45) is 0 Å². The van der Waals surface area contributed by atoms with Crippen LogP contribution in [-0.2, 0) is 33.1 Å². The molecule has 10 heteroatoms. The lowest BCUT2D eigenvalue weighted by Gasteiger charge is -2.12. The van der Waals surface area contributed by atoms with Crippen molar-refractivity contribution in [1.29, 1.82) is 0 Å². The standard InChI is InChI=1S/C10H12Cl2O6S2/c11-3-1-7-5-8(2-4-12)10(20(16,17)18)6-9(7)19(13,14)15/h5-6H,1-4H2,(H,13,14,15)(H,16,17,18). The lowest BCUT2D eigenvalue weighted by atomic mass is 10.1. The first-order valence-electron chi connectivity index (χ1n) is 5.34. The topological polar surface area (TPSA) is 109 Å². The second-order valence-corrected chi connectivity index (χ2v) is 7.43. The molecule has 20 heavy (non-hydrogen) atoms. The molecule has 2 N–H and O–H groups in total. The van der Waals surface area contributed by atoms with Crippen molar-refractivity contribution in [3.05, 3.63) is 23.3 Å². The largest absolute Gasteiger partial charge is 0.294 e. The number of hydrogen-bond donors (Lipinski definition) is 2. The fraction of sp³-hybridized carbons (Fsp3) is 0.400. The second kappa shape index (κ2) is 6.59. The van der Waals surface area contributed by atoms with Crippen molar-refractivity contribution in [2.75, 3.05) is 11.8 Å². The molecule has 6 nitrogen and oxygen atoms in total. The zero-order chi connectivity index (χ0) is 15.6. The van der Waals surface area contributed by atoms with Crippen LogP contribution in [0.2, 0.25) is 0 Å². The van der Waals surface area contributed by atoms with Crippen molar-refractivity contribution in [3.8, 4) is 0 Å². The summed E-state index contributed by atoms with van der Waals surface area (Å²) in [4.78, 5) is -1.19. The van der Waals surface area contributed by atoms with Crippen molar-refractivity contribution in [3.63, 3.8) is 0 Å². The van der Waals surface area contributed by atoms with Crippen LogP contribution in [-0.4, -0.2) is 37.7 Å². The van der Waals surface area contributed by atoms with Gasteiger partial charge < -0.3 is 0 Å². The third-order valence-corrected chi connectivity index (χ3v) is 4.78. The Bertz CT molecular complexity index is 639. The molecule has 0 aliphatic heterocycles. The van der Waals surface area contributed by atoms with E-state index in [1.54, 1.807) is 0 Å². The average molecular weight is 363 g/mol. The van der Waals surface area contributed by atoms with Crippen LogP contribution in [0, 0.1) is 0 Å². The van der Waals surface area contributed by atoms with Gasteiger partial charge in [-0.2, -0.15) is 16.8 Å². The Hall–Kier alpha value is -0.380. The first-order valence-corrected chi connectivity index (χ1v) is 9.29. The summed E-state index contributed by atoms with van der Waals surface area (Å²) in [5.41, 5.74) is 0.324. The maximum absolute atomic E-state index is 11.3. The first kappa shape index (κ1) is 17.7. The number of rotatable bonds is 6. The molecule has 114 valence electrons. The summed E-state index contributed by atoms with van der Waals surface area (Å²) in [7, 11) is -9.27. The third kappa shape index (κ3) is 4.31. The van der Waals surface area contributed by atoms with E-state index in [2.05, 4.69) is 0 Å². The molecule has 0 spiro atoms. The van der Waals surface area contributed by atoms with E-state index < -0.39 is 30.0 Å². The van der Waals surface area contributed by atoms with E-state index in [4.69, 9.17) is 32.3 Å². The molecule has 0 saturated carbocycles. The molecule has 0 bridgehead atoms. The third-order valence-electron chi connectivity index (χ3n) is 2.53. The second-order valence-electron chi connectivity index (χ2n) is 3.90. The van der Waals surface area contributed by atoms with Crippen molar-refractivity contribution in [2.45, 2.75) is 22.6 Å². The quantitative estimate of drug-likeness (QED) is 0.589. The van der Waals surface area contributed by atoms with E-state index in [9.17, 15) is 16.8 Å². The smallest absolute Gasteiger partial charge is 0.282 e. The molecule has 0 heterocycles. The fourth-order valence-electron chi connectivity index (χ4n) is 1.73. The summed E-state index contributed by atoms with van der Waals surface area (Å²) in [6, 6.07) is 1.98. The lowest BCUT2D eigenvalue weighted by molar-refractivity contribution is 0.479. The van der Waals surface area contributed by atoms with E-state index in [1.165, 1.54) is 6.07 Å². The van der Waals surface area contributed by atoms with Crippen LogP contribution >= 0.6 is 23.2 Å². The summed E-state index contributed by atoms with van der Waals surface area (Å²) in [5, 5.41) is 0. The Morgan fingerprint density at radius 3 is 1.40 bits per heavy atom. The number of alkyl halides is 2. The van der Waals surface area contributed by atoms with Crippen LogP contribution in [0.3, 0.4) is 0 Å². The Kier molecular flexibility index (Phi) is 5.82. The van der Waals surface area contributed by atoms with Crippen molar-refractivity contribution in [1.82, 2.24) is 0 Å². The van der Waals surface area contributed by atoms with Crippen molar-refractivity contribution < 1.29 is 25.9 Å². The molecular formula is C10H12Cl2O6S2. The van der Waals surface area contributed by atoms with Gasteiger partial charge in [0.1, 0.15) is 0 Å². The molecule has 0 aliphatic carbocycles. The molecule has 0 saturated heterocycles. The van der Waals surface area contributed by atoms with Gasteiger partial charge in [0.05, 0.1) is 9.79 Å². The summed E-state index contributed by atoms with van der Waals surface area (Å²) in [6.45, 7) is 0. The molecule has 1 aromatic carbocycles. The van der Waals surface area contributed by atoms with Crippen LogP contribution < -0.4 is 0 Å². The molecule has 1 aromatic rings. The first-order chi connectivity index (χ1) is 9.11. The van der Waals surface area contributed by atoms with Gasteiger partial charge in [0.15, 0.2) is 0 Å². The van der Waals surface area contributed by atoms with E-state index >= 15 is 0 Å². The highest BCUT2D eigenvalue weighted by Crippen LogP contribution is 2.26. The number of halogens is 2. The predicted octanol–water partition coefficient (Wildman–Crippen LogP) is 1.74. The Balaban J connectivity index is 3.69. The van der Waals surface area contributed by atoms with Gasteiger partial charge in [-0.25, -0.2) is 0 Å². The van der Waals surface area contributed by atoms with Crippen LogP contribution in [0.15, 0.2) is 21.9 Å². The van der Waals surface area contributed by atoms with Gasteiger partial charge in [0.25, 0.3) is 20.2 Å². The molecule has 0 amide bonds. The minimum atomic E-state index is -4.64. The van der Waals surface area contributed by atoms with E-state index in [-0.39, 0.29) is 35.7 Å². The fourth-order valence-corrected chi connectivity index (χ4v) is 3.73. The van der Waals surface area contributed by atoms with E-state index in [0.717, 1.165) is 0 Å². The molecular weight excluding hydrogens is 351 g/mol. The zero-order valence-corrected chi connectivity index (χ0v) is 13.2. The Morgan fingerprint density at radius 1 is 0.800 bits per heavy atom. The van der Waals surface area contributed by atoms with Crippen LogP contribution in [0.4, 0.5) is 0 Å². The number of hydrogen-bond acceptors (Lipinski definition) is 4. The highest BCUT2D eigenvalue weighted by atomic mass is 35.5. The SMILES string of the molecule is O=S(=O)(O)c1cc(S(=O)(=O)O)c(CCCl)cc1CCCl. The normalized spacial score (nSPS) is 12.6. The molecule has 0 fully saturated rings. The molecule has 1 rings (SSSR count). The minimum Gasteiger partial charge on any atom is -0.282 e. The monoisotopic (exact) mass is 362 g/mol. The number of benzene rings is 1. The average Bonchev–Trinajstić information content (AvgIpc) is 2.26.